The molecule has 0 atom stereocenters. The van der Waals surface area contributed by atoms with Crippen LogP contribution in [0.4, 0.5) is 0 Å². The van der Waals surface area contributed by atoms with E-state index in [-0.39, 0.29) is 0 Å². The minimum atomic E-state index is 0.309. The fourth-order valence-electron chi connectivity index (χ4n) is 0.855. The van der Waals surface area contributed by atoms with Gasteiger partial charge in [0.25, 0.3) is 0 Å². The Morgan fingerprint density at radius 1 is 1.45 bits per heavy atom. The average molecular weight is 157 g/mol. The number of hydrogen-bond donors (Lipinski definition) is 2. The van der Waals surface area contributed by atoms with Crippen molar-refractivity contribution in [2.45, 2.75) is 26.2 Å². The molecule has 0 aliphatic heterocycles. The summed E-state index contributed by atoms with van der Waals surface area (Å²) in [5.74, 6) is 0.309. The van der Waals surface area contributed by atoms with E-state index >= 15 is 0 Å². The Bertz CT molecular complexity index is 112. The zero-order chi connectivity index (χ0) is 8.69. The minimum Gasteiger partial charge on any atom is -0.388 e. The molecular formula is C8H19N3. The van der Waals surface area contributed by atoms with Crippen molar-refractivity contribution in [3.8, 4) is 0 Å². The van der Waals surface area contributed by atoms with Gasteiger partial charge in [-0.1, -0.05) is 6.92 Å². The molecule has 3 heteroatoms. The smallest absolute Gasteiger partial charge is 0.0905 e. The van der Waals surface area contributed by atoms with Gasteiger partial charge >= 0.3 is 0 Å². The van der Waals surface area contributed by atoms with Gasteiger partial charge in [0.15, 0.2) is 0 Å². The summed E-state index contributed by atoms with van der Waals surface area (Å²) in [4.78, 5) is 2.26. The predicted octanol–water partition coefficient (Wildman–Crippen LogP) is 1.04. The Hall–Kier alpha value is -0.570. The van der Waals surface area contributed by atoms with Gasteiger partial charge in [-0.25, -0.2) is 0 Å². The molecule has 3 nitrogen and oxygen atoms in total. The van der Waals surface area contributed by atoms with Crippen molar-refractivity contribution in [3.63, 3.8) is 0 Å². The second-order valence-corrected chi connectivity index (χ2v) is 2.88. The first kappa shape index (κ1) is 10.4. The third-order valence-electron chi connectivity index (χ3n) is 1.78. The normalized spacial score (nSPS) is 10.5. The van der Waals surface area contributed by atoms with E-state index in [0.717, 1.165) is 32.4 Å². The molecule has 0 spiro atoms. The summed E-state index contributed by atoms with van der Waals surface area (Å²) in [6.45, 7) is 4.36. The first-order chi connectivity index (χ1) is 5.16. The lowest BCUT2D eigenvalue weighted by atomic mass is 10.2. The van der Waals surface area contributed by atoms with Crippen LogP contribution in [0.25, 0.3) is 0 Å². The highest BCUT2D eigenvalue weighted by atomic mass is 15.1. The number of unbranched alkanes of at least 4 members (excludes halogenated alkanes) is 1. The van der Waals surface area contributed by atoms with Gasteiger partial charge in [-0.05, 0) is 33.0 Å². The highest BCUT2D eigenvalue weighted by Crippen LogP contribution is 1.95. The molecule has 0 bridgehead atoms. The van der Waals surface area contributed by atoms with Crippen LogP contribution in [0.2, 0.25) is 0 Å². The van der Waals surface area contributed by atoms with E-state index in [0.29, 0.717) is 5.84 Å². The van der Waals surface area contributed by atoms with Crippen LogP contribution < -0.4 is 5.73 Å². The van der Waals surface area contributed by atoms with Crippen molar-refractivity contribution in [2.75, 3.05) is 20.1 Å². The Balaban J connectivity index is 3.08. The van der Waals surface area contributed by atoms with E-state index in [1.165, 1.54) is 0 Å². The molecule has 0 saturated carbocycles. The lowest BCUT2D eigenvalue weighted by Crippen LogP contribution is -2.19. The molecule has 0 aliphatic rings. The lowest BCUT2D eigenvalue weighted by Gasteiger charge is -2.12. The van der Waals surface area contributed by atoms with Gasteiger partial charge in [-0.2, -0.15) is 0 Å². The van der Waals surface area contributed by atoms with Crippen molar-refractivity contribution in [1.29, 1.82) is 5.41 Å². The number of nitrogens with two attached hydrogens (primary N) is 1. The maximum atomic E-state index is 6.99. The molecule has 0 aromatic heterocycles. The van der Waals surface area contributed by atoms with Crippen LogP contribution in [0.5, 0.6) is 0 Å². The number of rotatable bonds is 6. The second-order valence-electron chi connectivity index (χ2n) is 2.88. The van der Waals surface area contributed by atoms with E-state index in [9.17, 15) is 0 Å². The highest BCUT2D eigenvalue weighted by Gasteiger charge is 1.94. The van der Waals surface area contributed by atoms with Crippen LogP contribution in [0, 0.1) is 5.41 Å². The zero-order valence-corrected chi connectivity index (χ0v) is 7.56. The van der Waals surface area contributed by atoms with E-state index in [4.69, 9.17) is 11.1 Å². The van der Waals surface area contributed by atoms with Crippen molar-refractivity contribution in [1.82, 2.24) is 4.90 Å². The number of amidine groups is 1. The molecule has 66 valence electrons. The third kappa shape index (κ3) is 7.33. The zero-order valence-electron chi connectivity index (χ0n) is 7.56. The Morgan fingerprint density at radius 3 is 2.55 bits per heavy atom. The fourth-order valence-corrected chi connectivity index (χ4v) is 0.855. The molecule has 0 saturated heterocycles. The van der Waals surface area contributed by atoms with Crippen LogP contribution in [0.3, 0.4) is 0 Å². The monoisotopic (exact) mass is 157 g/mol. The third-order valence-corrected chi connectivity index (χ3v) is 1.78. The van der Waals surface area contributed by atoms with Gasteiger partial charge in [-0.3, -0.25) is 5.41 Å². The minimum absolute atomic E-state index is 0.309. The number of nitrogens with one attached hydrogen (secondary N) is 1. The Labute approximate surface area is 69.1 Å². The van der Waals surface area contributed by atoms with Crippen LogP contribution in [-0.2, 0) is 0 Å². The van der Waals surface area contributed by atoms with E-state index in [2.05, 4.69) is 18.9 Å². The van der Waals surface area contributed by atoms with Crippen LogP contribution >= 0.6 is 0 Å². The summed E-state index contributed by atoms with van der Waals surface area (Å²) in [6.07, 6.45) is 2.93. The number of nitrogens with zero attached hydrogens (tertiary/aromatic N) is 1. The van der Waals surface area contributed by atoms with Crippen LogP contribution in [0.15, 0.2) is 0 Å². The van der Waals surface area contributed by atoms with Crippen molar-refractivity contribution in [2.24, 2.45) is 5.73 Å². The predicted molar refractivity (Wildman–Crippen MR) is 48.9 cm³/mol. The molecule has 0 aromatic carbocycles. The quantitative estimate of drug-likeness (QED) is 0.344. The van der Waals surface area contributed by atoms with Crippen molar-refractivity contribution >= 4 is 5.84 Å². The first-order valence-electron chi connectivity index (χ1n) is 4.18. The summed E-state index contributed by atoms with van der Waals surface area (Å²) >= 11 is 0. The summed E-state index contributed by atoms with van der Waals surface area (Å²) in [7, 11) is 2.10. The van der Waals surface area contributed by atoms with Gasteiger partial charge in [0, 0.05) is 6.42 Å². The van der Waals surface area contributed by atoms with Crippen molar-refractivity contribution in [3.05, 3.63) is 0 Å². The van der Waals surface area contributed by atoms with Gasteiger partial charge < -0.3 is 10.6 Å². The van der Waals surface area contributed by atoms with Crippen LogP contribution in [-0.4, -0.2) is 30.9 Å². The van der Waals surface area contributed by atoms with Crippen LogP contribution in [0.1, 0.15) is 26.2 Å². The second kappa shape index (κ2) is 6.16. The average Bonchev–Trinajstić information content (AvgIpc) is 1.97. The molecule has 0 rings (SSSR count). The molecule has 0 aliphatic carbocycles. The molecule has 3 N–H and O–H groups in total. The molecular weight excluding hydrogens is 138 g/mol. The molecule has 0 amide bonds. The first-order valence-corrected chi connectivity index (χ1v) is 4.18. The number of hydrogen-bond acceptors (Lipinski definition) is 2. The van der Waals surface area contributed by atoms with Gasteiger partial charge in [0.05, 0.1) is 5.84 Å². The summed E-state index contributed by atoms with van der Waals surface area (Å²) in [5.41, 5.74) is 5.21. The molecule has 0 fully saturated rings. The van der Waals surface area contributed by atoms with E-state index < -0.39 is 0 Å². The standard InChI is InChI=1S/C8H19N3/c1-3-11(2)7-5-4-6-8(9)10/h3-7H2,1-2H3,(H3,9,10). The largest absolute Gasteiger partial charge is 0.388 e. The molecule has 11 heavy (non-hydrogen) atoms. The summed E-state index contributed by atoms with van der Waals surface area (Å²) in [6, 6.07) is 0. The molecule has 0 heterocycles. The highest BCUT2D eigenvalue weighted by molar-refractivity contribution is 5.76. The van der Waals surface area contributed by atoms with Gasteiger partial charge in [0.2, 0.25) is 0 Å². The Kier molecular flexibility index (Phi) is 5.84. The molecule has 0 unspecified atom stereocenters. The van der Waals surface area contributed by atoms with Gasteiger partial charge in [-0.15, -0.1) is 0 Å². The van der Waals surface area contributed by atoms with E-state index in [1.54, 1.807) is 0 Å². The molecule has 0 aromatic rings. The Morgan fingerprint density at radius 2 is 2.09 bits per heavy atom. The fraction of sp³-hybridized carbons (Fsp3) is 0.875. The maximum absolute atomic E-state index is 6.99. The summed E-state index contributed by atoms with van der Waals surface area (Å²) in [5, 5.41) is 6.99. The topological polar surface area (TPSA) is 53.1 Å². The maximum Gasteiger partial charge on any atom is 0.0905 e. The lowest BCUT2D eigenvalue weighted by molar-refractivity contribution is 0.344. The van der Waals surface area contributed by atoms with E-state index in [1.807, 2.05) is 0 Å². The molecule has 0 radical (unpaired) electrons. The SMILES string of the molecule is CCN(C)CCCCC(=N)N. The summed E-state index contributed by atoms with van der Waals surface area (Å²) < 4.78 is 0. The van der Waals surface area contributed by atoms with Crippen molar-refractivity contribution < 1.29 is 0 Å². The van der Waals surface area contributed by atoms with Gasteiger partial charge in [0.1, 0.15) is 0 Å².